The molecule has 0 saturated carbocycles. The number of aromatic nitrogens is 1. The molecule has 0 radical (unpaired) electrons. The Morgan fingerprint density at radius 1 is 1.55 bits per heavy atom. The van der Waals surface area contributed by atoms with E-state index in [2.05, 4.69) is 51.0 Å². The summed E-state index contributed by atoms with van der Waals surface area (Å²) >= 11 is 3.52. The molecule has 2 rings (SSSR count). The molecule has 1 atom stereocenters. The monoisotopic (exact) mass is 341 g/mol. The molecule has 1 fully saturated rings. The van der Waals surface area contributed by atoms with E-state index in [1.165, 1.54) is 5.56 Å². The zero-order valence-corrected chi connectivity index (χ0v) is 14.1. The first-order valence-corrected chi connectivity index (χ1v) is 8.02. The van der Waals surface area contributed by atoms with E-state index in [1.54, 1.807) is 7.11 Å². The fourth-order valence-electron chi connectivity index (χ4n) is 2.50. The molecule has 1 aromatic rings. The van der Waals surface area contributed by atoms with Crippen LogP contribution in [0.2, 0.25) is 0 Å². The van der Waals surface area contributed by atoms with Gasteiger partial charge in [0.05, 0.1) is 6.10 Å². The fourth-order valence-corrected chi connectivity index (χ4v) is 2.88. The minimum Gasteiger partial charge on any atom is -0.380 e. The van der Waals surface area contributed by atoms with Crippen molar-refractivity contribution in [2.45, 2.75) is 32.9 Å². The summed E-state index contributed by atoms with van der Waals surface area (Å²) in [5.41, 5.74) is 1.25. The number of methoxy groups -OCH3 is 1. The first kappa shape index (κ1) is 15.7. The number of anilines is 1. The Balaban J connectivity index is 2.07. The molecule has 0 bridgehead atoms. The average Bonchev–Trinajstić information content (AvgIpc) is 2.87. The summed E-state index contributed by atoms with van der Waals surface area (Å²) in [6, 6.07) is 2.16. The lowest BCUT2D eigenvalue weighted by Crippen LogP contribution is -2.26. The molecule has 112 valence electrons. The Bertz CT molecular complexity index is 439. The first-order chi connectivity index (χ1) is 9.60. The Hall–Kier alpha value is -0.650. The van der Waals surface area contributed by atoms with Crippen molar-refractivity contribution in [3.05, 3.63) is 22.3 Å². The van der Waals surface area contributed by atoms with Gasteiger partial charge in [-0.3, -0.25) is 0 Å². The van der Waals surface area contributed by atoms with Crippen LogP contribution in [0.1, 0.15) is 25.8 Å². The number of nitrogens with zero attached hydrogens (tertiary/aromatic N) is 2. The molecular formula is C15H24BrN3O. The molecule has 4 nitrogen and oxygen atoms in total. The minimum atomic E-state index is 0.330. The molecule has 0 amide bonds. The first-order valence-electron chi connectivity index (χ1n) is 7.23. The Labute approximate surface area is 130 Å². The third kappa shape index (κ3) is 4.17. The van der Waals surface area contributed by atoms with Gasteiger partial charge in [0.1, 0.15) is 5.82 Å². The van der Waals surface area contributed by atoms with Crippen LogP contribution in [0, 0.1) is 5.92 Å². The molecule has 0 aromatic carbocycles. The summed E-state index contributed by atoms with van der Waals surface area (Å²) in [4.78, 5) is 6.94. The third-order valence-electron chi connectivity index (χ3n) is 3.56. The van der Waals surface area contributed by atoms with E-state index in [1.807, 2.05) is 6.20 Å². The number of hydrogen-bond donors (Lipinski definition) is 1. The van der Waals surface area contributed by atoms with E-state index in [-0.39, 0.29) is 0 Å². The number of hydrogen-bond acceptors (Lipinski definition) is 4. The number of nitrogens with one attached hydrogen (secondary N) is 1. The van der Waals surface area contributed by atoms with Gasteiger partial charge >= 0.3 is 0 Å². The van der Waals surface area contributed by atoms with Crippen molar-refractivity contribution in [3.8, 4) is 0 Å². The number of rotatable bonds is 6. The van der Waals surface area contributed by atoms with E-state index in [0.717, 1.165) is 42.9 Å². The van der Waals surface area contributed by atoms with E-state index in [9.17, 15) is 0 Å². The highest BCUT2D eigenvalue weighted by atomic mass is 79.9. The molecule has 1 N–H and O–H groups in total. The van der Waals surface area contributed by atoms with E-state index >= 15 is 0 Å². The number of ether oxygens (including phenoxy) is 1. The van der Waals surface area contributed by atoms with Gasteiger partial charge in [-0.2, -0.15) is 0 Å². The van der Waals surface area contributed by atoms with Gasteiger partial charge in [-0.15, -0.1) is 0 Å². The van der Waals surface area contributed by atoms with Gasteiger partial charge in [0, 0.05) is 43.0 Å². The van der Waals surface area contributed by atoms with Crippen LogP contribution < -0.4 is 10.2 Å². The lowest BCUT2D eigenvalue weighted by molar-refractivity contribution is 0.121. The smallest absolute Gasteiger partial charge is 0.133 e. The van der Waals surface area contributed by atoms with Crippen LogP contribution in [-0.2, 0) is 11.3 Å². The quantitative estimate of drug-likeness (QED) is 0.863. The largest absolute Gasteiger partial charge is 0.380 e. The maximum atomic E-state index is 5.44. The topological polar surface area (TPSA) is 37.4 Å². The van der Waals surface area contributed by atoms with Crippen LogP contribution in [0.3, 0.4) is 0 Å². The molecule has 0 spiro atoms. The van der Waals surface area contributed by atoms with Crippen LogP contribution in [0.4, 0.5) is 5.82 Å². The fraction of sp³-hybridized carbons (Fsp3) is 0.667. The van der Waals surface area contributed by atoms with Gasteiger partial charge in [-0.05, 0) is 40.9 Å². The average molecular weight is 342 g/mol. The van der Waals surface area contributed by atoms with Crippen molar-refractivity contribution >= 4 is 21.7 Å². The van der Waals surface area contributed by atoms with Gasteiger partial charge in [-0.1, -0.05) is 13.8 Å². The van der Waals surface area contributed by atoms with Crippen molar-refractivity contribution in [1.29, 1.82) is 0 Å². The summed E-state index contributed by atoms with van der Waals surface area (Å²) in [6.45, 7) is 8.26. The second-order valence-electron chi connectivity index (χ2n) is 5.75. The SMILES string of the molecule is COC1CCN(c2ncc(Br)cc2CNCC(C)C)C1. The van der Waals surface area contributed by atoms with Gasteiger partial charge in [0.2, 0.25) is 0 Å². The van der Waals surface area contributed by atoms with Crippen LogP contribution in [0.25, 0.3) is 0 Å². The number of pyridine rings is 1. The second-order valence-corrected chi connectivity index (χ2v) is 6.67. The molecule has 20 heavy (non-hydrogen) atoms. The van der Waals surface area contributed by atoms with Crippen molar-refractivity contribution in [3.63, 3.8) is 0 Å². The molecule has 5 heteroatoms. The van der Waals surface area contributed by atoms with E-state index in [4.69, 9.17) is 4.74 Å². The Kier molecular flexibility index (Phi) is 5.81. The standard InChI is InChI=1S/C15H24BrN3O/c1-11(2)7-17-8-12-6-13(16)9-18-15(12)19-5-4-14(10-19)20-3/h6,9,11,14,17H,4-5,7-8,10H2,1-3H3. The van der Waals surface area contributed by atoms with Crippen molar-refractivity contribution in [1.82, 2.24) is 10.3 Å². The predicted octanol–water partition coefficient (Wildman–Crippen LogP) is 2.81. The highest BCUT2D eigenvalue weighted by Gasteiger charge is 2.24. The lowest BCUT2D eigenvalue weighted by atomic mass is 10.2. The van der Waals surface area contributed by atoms with Crippen LogP contribution >= 0.6 is 15.9 Å². The van der Waals surface area contributed by atoms with E-state index in [0.29, 0.717) is 12.0 Å². The highest BCUT2D eigenvalue weighted by molar-refractivity contribution is 9.10. The molecule has 1 aromatic heterocycles. The van der Waals surface area contributed by atoms with Gasteiger partial charge in [0.25, 0.3) is 0 Å². The molecule has 1 saturated heterocycles. The maximum absolute atomic E-state index is 5.44. The zero-order chi connectivity index (χ0) is 14.5. The zero-order valence-electron chi connectivity index (χ0n) is 12.5. The summed E-state index contributed by atoms with van der Waals surface area (Å²) < 4.78 is 6.48. The van der Waals surface area contributed by atoms with Crippen molar-refractivity contribution in [2.24, 2.45) is 5.92 Å². The second kappa shape index (κ2) is 7.38. The van der Waals surface area contributed by atoms with Crippen LogP contribution in [0.5, 0.6) is 0 Å². The number of halogens is 1. The molecule has 1 aliphatic heterocycles. The van der Waals surface area contributed by atoms with Gasteiger partial charge in [-0.25, -0.2) is 4.98 Å². The summed E-state index contributed by atoms with van der Waals surface area (Å²) in [5.74, 6) is 1.74. The summed E-state index contributed by atoms with van der Waals surface area (Å²) in [7, 11) is 1.79. The predicted molar refractivity (Wildman–Crippen MR) is 86.1 cm³/mol. The lowest BCUT2D eigenvalue weighted by Gasteiger charge is -2.21. The third-order valence-corrected chi connectivity index (χ3v) is 3.99. The van der Waals surface area contributed by atoms with Crippen molar-refractivity contribution in [2.75, 3.05) is 31.6 Å². The molecule has 2 heterocycles. The summed E-state index contributed by atoms with van der Waals surface area (Å²) in [6.07, 6.45) is 3.28. The Morgan fingerprint density at radius 2 is 2.35 bits per heavy atom. The maximum Gasteiger partial charge on any atom is 0.133 e. The van der Waals surface area contributed by atoms with Gasteiger partial charge in [0.15, 0.2) is 0 Å². The molecule has 0 aliphatic carbocycles. The molecule has 1 aliphatic rings. The summed E-state index contributed by atoms with van der Waals surface area (Å²) in [5, 5.41) is 3.50. The highest BCUT2D eigenvalue weighted by Crippen LogP contribution is 2.25. The normalized spacial score (nSPS) is 19.1. The molecule has 1 unspecified atom stereocenters. The molecular weight excluding hydrogens is 318 g/mol. The van der Waals surface area contributed by atoms with Gasteiger partial charge < -0.3 is 15.0 Å². The van der Waals surface area contributed by atoms with E-state index < -0.39 is 0 Å². The van der Waals surface area contributed by atoms with Crippen molar-refractivity contribution < 1.29 is 4.74 Å². The Morgan fingerprint density at radius 3 is 3.00 bits per heavy atom. The van der Waals surface area contributed by atoms with Crippen LogP contribution in [0.15, 0.2) is 16.7 Å². The minimum absolute atomic E-state index is 0.330. The van der Waals surface area contributed by atoms with Crippen LogP contribution in [-0.4, -0.2) is 37.8 Å².